The fourth-order valence-corrected chi connectivity index (χ4v) is 1.78. The molecule has 2 rings (SSSR count). The molecular formula is C14H11F3N2O2. The minimum absolute atomic E-state index is 0.00710. The van der Waals surface area contributed by atoms with Crippen molar-refractivity contribution in [2.45, 2.75) is 12.8 Å². The van der Waals surface area contributed by atoms with Crippen LogP contribution in [0.1, 0.15) is 10.4 Å². The van der Waals surface area contributed by atoms with Crippen molar-refractivity contribution < 1.29 is 22.7 Å². The van der Waals surface area contributed by atoms with Crippen LogP contribution in [-0.2, 0) is 0 Å². The third kappa shape index (κ3) is 3.31. The second kappa shape index (κ2) is 6.25. The van der Waals surface area contributed by atoms with E-state index in [4.69, 9.17) is 5.73 Å². The molecule has 0 aliphatic rings. The molecule has 2 N–H and O–H groups in total. The molecule has 0 radical (unpaired) electrons. The van der Waals surface area contributed by atoms with Crippen LogP contribution >= 0.6 is 0 Å². The van der Waals surface area contributed by atoms with Gasteiger partial charge in [-0.25, -0.2) is 8.78 Å². The SMILES string of the molecule is NC(=O)c1cccc(OC(F)C(F)F)c1-c1ccccn1. The van der Waals surface area contributed by atoms with Crippen molar-refractivity contribution in [1.82, 2.24) is 4.98 Å². The van der Waals surface area contributed by atoms with Gasteiger partial charge in [0.25, 0.3) is 6.36 Å². The molecule has 1 atom stereocenters. The molecule has 0 saturated carbocycles. The van der Waals surface area contributed by atoms with E-state index in [1.165, 1.54) is 30.5 Å². The summed E-state index contributed by atoms with van der Waals surface area (Å²) in [4.78, 5) is 15.5. The molecule has 2 aromatic rings. The van der Waals surface area contributed by atoms with Crippen molar-refractivity contribution in [3.05, 3.63) is 48.2 Å². The summed E-state index contributed by atoms with van der Waals surface area (Å²) in [7, 11) is 0. The lowest BCUT2D eigenvalue weighted by molar-refractivity contribution is -0.0666. The maximum absolute atomic E-state index is 13.1. The minimum atomic E-state index is -3.31. The Morgan fingerprint density at radius 1 is 1.14 bits per heavy atom. The summed E-state index contributed by atoms with van der Waals surface area (Å²) in [5, 5.41) is 0. The molecule has 1 heterocycles. The first-order valence-electron chi connectivity index (χ1n) is 5.94. The summed E-state index contributed by atoms with van der Waals surface area (Å²) in [5.74, 6) is -1.02. The molecule has 0 saturated heterocycles. The lowest BCUT2D eigenvalue weighted by Crippen LogP contribution is -2.21. The molecule has 0 aliphatic heterocycles. The van der Waals surface area contributed by atoms with E-state index in [-0.39, 0.29) is 22.6 Å². The molecule has 7 heteroatoms. The highest BCUT2D eigenvalue weighted by Crippen LogP contribution is 2.33. The minimum Gasteiger partial charge on any atom is -0.454 e. The average molecular weight is 296 g/mol. The number of amides is 1. The Hall–Kier alpha value is -2.57. The van der Waals surface area contributed by atoms with Crippen LogP contribution in [0.15, 0.2) is 42.6 Å². The summed E-state index contributed by atoms with van der Waals surface area (Å²) >= 11 is 0. The van der Waals surface area contributed by atoms with Gasteiger partial charge >= 0.3 is 6.43 Å². The average Bonchev–Trinajstić information content (AvgIpc) is 2.47. The van der Waals surface area contributed by atoms with Gasteiger partial charge in [-0.2, -0.15) is 4.39 Å². The van der Waals surface area contributed by atoms with Crippen molar-refractivity contribution >= 4 is 5.91 Å². The van der Waals surface area contributed by atoms with E-state index in [1.807, 2.05) is 0 Å². The summed E-state index contributed by atoms with van der Waals surface area (Å²) in [6, 6.07) is 8.81. The largest absolute Gasteiger partial charge is 0.454 e. The van der Waals surface area contributed by atoms with Crippen molar-refractivity contribution in [2.24, 2.45) is 5.73 Å². The number of hydrogen-bond acceptors (Lipinski definition) is 3. The zero-order chi connectivity index (χ0) is 15.4. The number of nitrogens with zero attached hydrogens (tertiary/aromatic N) is 1. The second-order valence-electron chi connectivity index (χ2n) is 4.06. The van der Waals surface area contributed by atoms with E-state index < -0.39 is 18.7 Å². The Balaban J connectivity index is 2.55. The molecular weight excluding hydrogens is 285 g/mol. The van der Waals surface area contributed by atoms with Crippen molar-refractivity contribution in [1.29, 1.82) is 0 Å². The monoisotopic (exact) mass is 296 g/mol. The number of rotatable bonds is 5. The zero-order valence-electron chi connectivity index (χ0n) is 10.7. The number of pyridine rings is 1. The molecule has 4 nitrogen and oxygen atoms in total. The van der Waals surface area contributed by atoms with Crippen molar-refractivity contribution in [3.8, 4) is 17.0 Å². The fraction of sp³-hybridized carbons (Fsp3) is 0.143. The molecule has 0 fully saturated rings. The van der Waals surface area contributed by atoms with Gasteiger partial charge in [-0.05, 0) is 24.3 Å². The van der Waals surface area contributed by atoms with Crippen LogP contribution in [0.4, 0.5) is 13.2 Å². The number of benzene rings is 1. The van der Waals surface area contributed by atoms with Gasteiger partial charge in [-0.15, -0.1) is 0 Å². The van der Waals surface area contributed by atoms with Gasteiger partial charge < -0.3 is 10.5 Å². The van der Waals surface area contributed by atoms with Gasteiger partial charge in [-0.1, -0.05) is 12.1 Å². The molecule has 0 bridgehead atoms. The van der Waals surface area contributed by atoms with Crippen LogP contribution < -0.4 is 10.5 Å². The highest BCUT2D eigenvalue weighted by atomic mass is 19.3. The van der Waals surface area contributed by atoms with Gasteiger partial charge in [0, 0.05) is 6.20 Å². The first-order chi connectivity index (χ1) is 10.0. The van der Waals surface area contributed by atoms with Gasteiger partial charge in [0.15, 0.2) is 0 Å². The van der Waals surface area contributed by atoms with Crippen LogP contribution in [0.25, 0.3) is 11.3 Å². The normalized spacial score (nSPS) is 12.2. The third-order valence-electron chi connectivity index (χ3n) is 2.65. The lowest BCUT2D eigenvalue weighted by Gasteiger charge is -2.16. The van der Waals surface area contributed by atoms with E-state index in [0.717, 1.165) is 0 Å². The molecule has 21 heavy (non-hydrogen) atoms. The maximum Gasteiger partial charge on any atom is 0.304 e. The lowest BCUT2D eigenvalue weighted by atomic mass is 10.0. The number of halogens is 3. The number of hydrogen-bond donors (Lipinski definition) is 1. The van der Waals surface area contributed by atoms with E-state index in [0.29, 0.717) is 0 Å². The number of carbonyl (C=O) groups is 1. The van der Waals surface area contributed by atoms with Crippen LogP contribution in [0.5, 0.6) is 5.75 Å². The van der Waals surface area contributed by atoms with Crippen molar-refractivity contribution in [3.63, 3.8) is 0 Å². The van der Waals surface area contributed by atoms with E-state index in [2.05, 4.69) is 9.72 Å². The third-order valence-corrected chi connectivity index (χ3v) is 2.65. The Labute approximate surface area is 118 Å². The number of aromatic nitrogens is 1. The highest BCUT2D eigenvalue weighted by Gasteiger charge is 2.24. The van der Waals surface area contributed by atoms with E-state index in [9.17, 15) is 18.0 Å². The quantitative estimate of drug-likeness (QED) is 0.922. The summed E-state index contributed by atoms with van der Waals surface area (Å²) < 4.78 is 42.3. The summed E-state index contributed by atoms with van der Waals surface area (Å²) in [6.07, 6.45) is -4.67. The maximum atomic E-state index is 13.1. The predicted molar refractivity (Wildman–Crippen MR) is 69.7 cm³/mol. The fourth-order valence-electron chi connectivity index (χ4n) is 1.78. The highest BCUT2D eigenvalue weighted by molar-refractivity contribution is 6.00. The molecule has 1 unspecified atom stereocenters. The first kappa shape index (κ1) is 14.8. The predicted octanol–water partition coefficient (Wildman–Crippen LogP) is 2.79. The Morgan fingerprint density at radius 2 is 1.90 bits per heavy atom. The van der Waals surface area contributed by atoms with E-state index in [1.54, 1.807) is 12.1 Å². The number of carbonyl (C=O) groups excluding carboxylic acids is 1. The molecule has 110 valence electrons. The van der Waals surface area contributed by atoms with Gasteiger partial charge in [0.2, 0.25) is 5.91 Å². The number of ether oxygens (including phenoxy) is 1. The molecule has 0 aliphatic carbocycles. The summed E-state index contributed by atoms with van der Waals surface area (Å²) in [6.45, 7) is 0. The Morgan fingerprint density at radius 3 is 2.48 bits per heavy atom. The van der Waals surface area contributed by atoms with E-state index >= 15 is 0 Å². The Kier molecular flexibility index (Phi) is 4.42. The van der Waals surface area contributed by atoms with Crippen LogP contribution in [0.3, 0.4) is 0 Å². The molecule has 1 amide bonds. The number of alkyl halides is 3. The smallest absolute Gasteiger partial charge is 0.304 e. The molecule has 1 aromatic heterocycles. The number of primary amides is 1. The van der Waals surface area contributed by atoms with Crippen LogP contribution in [0.2, 0.25) is 0 Å². The molecule has 0 spiro atoms. The topological polar surface area (TPSA) is 65.2 Å². The van der Waals surface area contributed by atoms with Gasteiger partial charge in [-0.3, -0.25) is 9.78 Å². The van der Waals surface area contributed by atoms with Gasteiger partial charge in [0.05, 0.1) is 16.8 Å². The summed E-state index contributed by atoms with van der Waals surface area (Å²) in [5.41, 5.74) is 5.60. The Bertz CT molecular complexity index is 635. The van der Waals surface area contributed by atoms with Crippen LogP contribution in [-0.4, -0.2) is 23.7 Å². The second-order valence-corrected chi connectivity index (χ2v) is 4.06. The van der Waals surface area contributed by atoms with Crippen LogP contribution in [0, 0.1) is 0 Å². The number of nitrogens with two attached hydrogens (primary N) is 1. The first-order valence-corrected chi connectivity index (χ1v) is 5.94. The zero-order valence-corrected chi connectivity index (χ0v) is 10.7. The molecule has 1 aromatic carbocycles. The van der Waals surface area contributed by atoms with Crippen molar-refractivity contribution in [2.75, 3.05) is 0 Å². The standard InChI is InChI=1S/C14H11F3N2O2/c15-12(16)13(17)21-10-6-3-4-8(14(18)20)11(10)9-5-1-2-7-19-9/h1-7,12-13H,(H2,18,20). The van der Waals surface area contributed by atoms with Gasteiger partial charge in [0.1, 0.15) is 5.75 Å².